The molecule has 0 atom stereocenters. The predicted octanol–water partition coefficient (Wildman–Crippen LogP) is 3.34. The molecule has 0 bridgehead atoms. The van der Waals surface area contributed by atoms with E-state index in [-0.39, 0.29) is 0 Å². The Morgan fingerprint density at radius 3 is 2.52 bits per heavy atom. The van der Waals surface area contributed by atoms with E-state index >= 15 is 0 Å². The van der Waals surface area contributed by atoms with Gasteiger partial charge in [-0.1, -0.05) is 13.0 Å². The average molecular weight is 313 g/mol. The van der Waals surface area contributed by atoms with Crippen LogP contribution in [-0.2, 0) is 19.5 Å². The lowest BCUT2D eigenvalue weighted by atomic mass is 10.2. The molecule has 2 aromatic rings. The lowest BCUT2D eigenvalue weighted by molar-refractivity contribution is 0.233. The van der Waals surface area contributed by atoms with Crippen LogP contribution in [-0.4, -0.2) is 41.0 Å². The summed E-state index contributed by atoms with van der Waals surface area (Å²) in [5.41, 5.74) is 1.30. The molecule has 124 valence electrons. The van der Waals surface area contributed by atoms with Gasteiger partial charge in [0.05, 0.1) is 6.54 Å². The third-order valence-electron chi connectivity index (χ3n) is 4.40. The molecule has 0 amide bonds. The maximum absolute atomic E-state index is 5.93. The summed E-state index contributed by atoms with van der Waals surface area (Å²) in [4.78, 5) is 9.25. The number of aryl methyl sites for hydroxylation is 1. The molecule has 3 rings (SSSR count). The third kappa shape index (κ3) is 4.91. The number of pyridine rings is 1. The first-order valence-electron chi connectivity index (χ1n) is 8.74. The van der Waals surface area contributed by atoms with Crippen molar-refractivity contribution >= 4 is 0 Å². The van der Waals surface area contributed by atoms with E-state index in [1.165, 1.54) is 12.0 Å². The van der Waals surface area contributed by atoms with Gasteiger partial charge in [0.2, 0.25) is 0 Å². The van der Waals surface area contributed by atoms with Gasteiger partial charge in [0.15, 0.2) is 0 Å². The van der Waals surface area contributed by atoms with Crippen molar-refractivity contribution in [2.24, 2.45) is 0 Å². The van der Waals surface area contributed by atoms with Crippen molar-refractivity contribution in [2.75, 3.05) is 26.2 Å². The van der Waals surface area contributed by atoms with Crippen LogP contribution >= 0.6 is 0 Å². The van der Waals surface area contributed by atoms with Gasteiger partial charge < -0.3 is 4.42 Å². The Morgan fingerprint density at radius 1 is 1.00 bits per heavy atom. The summed E-state index contributed by atoms with van der Waals surface area (Å²) < 4.78 is 5.93. The summed E-state index contributed by atoms with van der Waals surface area (Å²) in [5, 5.41) is 0. The summed E-state index contributed by atoms with van der Waals surface area (Å²) >= 11 is 0. The van der Waals surface area contributed by atoms with E-state index in [9.17, 15) is 0 Å². The van der Waals surface area contributed by atoms with Crippen LogP contribution < -0.4 is 0 Å². The molecule has 0 spiro atoms. The molecule has 1 aliphatic rings. The van der Waals surface area contributed by atoms with Crippen molar-refractivity contribution in [3.63, 3.8) is 0 Å². The zero-order valence-electron chi connectivity index (χ0n) is 14.1. The fraction of sp³-hybridized carbons (Fsp3) is 0.526. The van der Waals surface area contributed by atoms with Crippen molar-refractivity contribution < 1.29 is 4.42 Å². The van der Waals surface area contributed by atoms with Crippen LogP contribution in [0, 0.1) is 0 Å². The quantitative estimate of drug-likeness (QED) is 0.819. The predicted molar refractivity (Wildman–Crippen MR) is 92.1 cm³/mol. The van der Waals surface area contributed by atoms with Gasteiger partial charge in [-0.3, -0.25) is 14.8 Å². The Labute approximate surface area is 139 Å². The molecular formula is C19H27N3O. The van der Waals surface area contributed by atoms with E-state index in [1.807, 2.05) is 18.5 Å². The number of rotatable bonds is 6. The SMILES string of the molecule is CCCc1ccc(CN2CCCN(Cc3cccnc3)CC2)o1. The number of furan rings is 1. The van der Waals surface area contributed by atoms with Crippen LogP contribution in [0.1, 0.15) is 36.8 Å². The van der Waals surface area contributed by atoms with E-state index in [0.717, 1.165) is 63.6 Å². The molecule has 3 heterocycles. The molecule has 4 heteroatoms. The first kappa shape index (κ1) is 16.2. The number of hydrogen-bond donors (Lipinski definition) is 0. The van der Waals surface area contributed by atoms with Crippen LogP contribution in [0.5, 0.6) is 0 Å². The Morgan fingerprint density at radius 2 is 1.78 bits per heavy atom. The van der Waals surface area contributed by atoms with Gasteiger partial charge in [-0.05, 0) is 49.7 Å². The maximum Gasteiger partial charge on any atom is 0.118 e. The Kier molecular flexibility index (Phi) is 5.83. The van der Waals surface area contributed by atoms with E-state index in [0.29, 0.717) is 0 Å². The van der Waals surface area contributed by atoms with E-state index < -0.39 is 0 Å². The normalized spacial score (nSPS) is 17.3. The van der Waals surface area contributed by atoms with Crippen LogP contribution in [0.15, 0.2) is 41.1 Å². The van der Waals surface area contributed by atoms with Crippen molar-refractivity contribution in [2.45, 2.75) is 39.3 Å². The highest BCUT2D eigenvalue weighted by molar-refractivity contribution is 5.09. The molecule has 0 radical (unpaired) electrons. The summed E-state index contributed by atoms with van der Waals surface area (Å²) in [5.74, 6) is 2.23. The molecule has 23 heavy (non-hydrogen) atoms. The fourth-order valence-corrected chi connectivity index (χ4v) is 3.20. The lowest BCUT2D eigenvalue weighted by Gasteiger charge is -2.21. The van der Waals surface area contributed by atoms with Crippen molar-refractivity contribution in [1.82, 2.24) is 14.8 Å². The molecule has 0 unspecified atom stereocenters. The van der Waals surface area contributed by atoms with Gasteiger partial charge >= 0.3 is 0 Å². The molecule has 4 nitrogen and oxygen atoms in total. The largest absolute Gasteiger partial charge is 0.465 e. The van der Waals surface area contributed by atoms with E-state index in [1.54, 1.807) is 0 Å². The highest BCUT2D eigenvalue weighted by Crippen LogP contribution is 2.14. The highest BCUT2D eigenvalue weighted by atomic mass is 16.3. The van der Waals surface area contributed by atoms with Crippen LogP contribution in [0.25, 0.3) is 0 Å². The van der Waals surface area contributed by atoms with Crippen LogP contribution in [0.3, 0.4) is 0 Å². The minimum absolute atomic E-state index is 0.935. The molecule has 1 fully saturated rings. The van der Waals surface area contributed by atoms with Gasteiger partial charge in [0.25, 0.3) is 0 Å². The first-order valence-corrected chi connectivity index (χ1v) is 8.74. The second kappa shape index (κ2) is 8.27. The number of aromatic nitrogens is 1. The molecule has 1 aliphatic heterocycles. The van der Waals surface area contributed by atoms with Crippen molar-refractivity contribution in [3.8, 4) is 0 Å². The van der Waals surface area contributed by atoms with Gasteiger partial charge in [0.1, 0.15) is 11.5 Å². The Hall–Kier alpha value is -1.65. The monoisotopic (exact) mass is 313 g/mol. The second-order valence-electron chi connectivity index (χ2n) is 6.39. The molecule has 0 N–H and O–H groups in total. The topological polar surface area (TPSA) is 32.5 Å². The molecular weight excluding hydrogens is 286 g/mol. The Balaban J connectivity index is 1.49. The third-order valence-corrected chi connectivity index (χ3v) is 4.40. The lowest BCUT2D eigenvalue weighted by Crippen LogP contribution is -2.30. The highest BCUT2D eigenvalue weighted by Gasteiger charge is 2.16. The molecule has 0 aromatic carbocycles. The van der Waals surface area contributed by atoms with Gasteiger partial charge in [0, 0.05) is 38.4 Å². The molecule has 0 aliphatic carbocycles. The maximum atomic E-state index is 5.93. The van der Waals surface area contributed by atoms with E-state index in [4.69, 9.17) is 4.42 Å². The van der Waals surface area contributed by atoms with Gasteiger partial charge in [-0.25, -0.2) is 0 Å². The summed E-state index contributed by atoms with van der Waals surface area (Å²) in [6.45, 7) is 8.64. The van der Waals surface area contributed by atoms with Gasteiger partial charge in [-0.15, -0.1) is 0 Å². The summed E-state index contributed by atoms with van der Waals surface area (Å²) in [6.07, 6.45) is 7.20. The van der Waals surface area contributed by atoms with Gasteiger partial charge in [-0.2, -0.15) is 0 Å². The first-order chi connectivity index (χ1) is 11.3. The van der Waals surface area contributed by atoms with Crippen molar-refractivity contribution in [3.05, 3.63) is 53.7 Å². The molecule has 0 saturated carbocycles. The van der Waals surface area contributed by atoms with Crippen molar-refractivity contribution in [1.29, 1.82) is 0 Å². The summed E-state index contributed by atoms with van der Waals surface area (Å²) in [7, 11) is 0. The van der Waals surface area contributed by atoms with E-state index in [2.05, 4.69) is 39.9 Å². The minimum atomic E-state index is 0.935. The molecule has 1 saturated heterocycles. The average Bonchev–Trinajstić information content (AvgIpc) is 2.88. The molecule has 2 aromatic heterocycles. The minimum Gasteiger partial charge on any atom is -0.465 e. The smallest absolute Gasteiger partial charge is 0.118 e. The van der Waals surface area contributed by atoms with Crippen LogP contribution in [0.2, 0.25) is 0 Å². The zero-order valence-corrected chi connectivity index (χ0v) is 14.1. The fourth-order valence-electron chi connectivity index (χ4n) is 3.20. The van der Waals surface area contributed by atoms with Crippen LogP contribution in [0.4, 0.5) is 0 Å². The zero-order chi connectivity index (χ0) is 15.9. The Bertz CT molecular complexity index is 581. The summed E-state index contributed by atoms with van der Waals surface area (Å²) in [6, 6.07) is 8.45. The second-order valence-corrected chi connectivity index (χ2v) is 6.39. The standard InChI is InChI=1S/C19H27N3O/c1-2-5-18-7-8-19(23-18)16-22-11-4-10-21(12-13-22)15-17-6-3-9-20-14-17/h3,6-9,14H,2,4-5,10-13,15-16H2,1H3. The number of nitrogens with zero attached hydrogens (tertiary/aromatic N) is 3. The number of hydrogen-bond acceptors (Lipinski definition) is 4.